The number of rotatable bonds is 3. The molecular weight excluding hydrogens is 212 g/mol. The number of hydrogen-bond donors (Lipinski definition) is 0. The zero-order valence-electron chi connectivity index (χ0n) is 10.1. The highest BCUT2D eigenvalue weighted by molar-refractivity contribution is 5.16. The Hall–Kier alpha value is -1.37. The van der Waals surface area contributed by atoms with E-state index in [-0.39, 0.29) is 5.54 Å². The van der Waals surface area contributed by atoms with Crippen LogP contribution >= 0.6 is 0 Å². The summed E-state index contributed by atoms with van der Waals surface area (Å²) < 4.78 is 1.78. The Balaban J connectivity index is 1.66. The van der Waals surface area contributed by atoms with Crippen molar-refractivity contribution in [1.29, 1.82) is 5.26 Å². The molecule has 0 saturated heterocycles. The minimum absolute atomic E-state index is 0.349. The zero-order valence-corrected chi connectivity index (χ0v) is 10.1. The predicted molar refractivity (Wildman–Crippen MR) is 63.1 cm³/mol. The molecule has 0 N–H and O–H groups in total. The Morgan fingerprint density at radius 2 is 2.12 bits per heavy atom. The molecule has 1 aromatic rings. The molecule has 0 spiro atoms. The van der Waals surface area contributed by atoms with Gasteiger partial charge in [-0.15, -0.1) is 5.10 Å². The summed E-state index contributed by atoms with van der Waals surface area (Å²) in [5.41, 5.74) is 0.719. The number of nitriles is 1. The molecular formula is C13H18N4. The minimum Gasteiger partial charge on any atom is -0.232 e. The quantitative estimate of drug-likeness (QED) is 0.801. The fraction of sp³-hybridized carbons (Fsp3) is 0.769. The SMILES string of the molecule is N#CC1(n2cc(CC3CCCCC3)nn2)CC1. The van der Waals surface area contributed by atoms with Gasteiger partial charge in [0.2, 0.25) is 0 Å². The molecule has 2 aliphatic rings. The van der Waals surface area contributed by atoms with Crippen LogP contribution in [0.4, 0.5) is 0 Å². The maximum atomic E-state index is 9.10. The fourth-order valence-corrected chi connectivity index (χ4v) is 2.80. The van der Waals surface area contributed by atoms with Gasteiger partial charge in [0.15, 0.2) is 5.54 Å². The van der Waals surface area contributed by atoms with Gasteiger partial charge in [0.05, 0.1) is 18.0 Å². The van der Waals surface area contributed by atoms with Crippen molar-refractivity contribution in [3.63, 3.8) is 0 Å². The van der Waals surface area contributed by atoms with Crippen molar-refractivity contribution < 1.29 is 0 Å². The van der Waals surface area contributed by atoms with Crippen LogP contribution in [0.5, 0.6) is 0 Å². The van der Waals surface area contributed by atoms with E-state index >= 15 is 0 Å². The summed E-state index contributed by atoms with van der Waals surface area (Å²) in [4.78, 5) is 0. The first-order valence-electron chi connectivity index (χ1n) is 6.65. The van der Waals surface area contributed by atoms with Crippen LogP contribution < -0.4 is 0 Å². The normalized spacial score (nSPS) is 23.2. The van der Waals surface area contributed by atoms with E-state index in [0.717, 1.165) is 30.9 Å². The van der Waals surface area contributed by atoms with Crippen molar-refractivity contribution in [1.82, 2.24) is 15.0 Å². The molecule has 1 heterocycles. The topological polar surface area (TPSA) is 54.5 Å². The lowest BCUT2D eigenvalue weighted by Crippen LogP contribution is -2.15. The summed E-state index contributed by atoms with van der Waals surface area (Å²) >= 11 is 0. The van der Waals surface area contributed by atoms with Gasteiger partial charge in [-0.1, -0.05) is 37.3 Å². The molecule has 0 unspecified atom stereocenters. The average Bonchev–Trinajstić information content (AvgIpc) is 3.05. The van der Waals surface area contributed by atoms with E-state index in [1.807, 2.05) is 6.20 Å². The van der Waals surface area contributed by atoms with Gasteiger partial charge in [0, 0.05) is 0 Å². The van der Waals surface area contributed by atoms with Crippen molar-refractivity contribution in [3.8, 4) is 6.07 Å². The van der Waals surface area contributed by atoms with Crippen molar-refractivity contribution in [2.75, 3.05) is 0 Å². The van der Waals surface area contributed by atoms with E-state index in [0.29, 0.717) is 0 Å². The summed E-state index contributed by atoms with van der Waals surface area (Å²) in [6, 6.07) is 2.35. The molecule has 90 valence electrons. The summed E-state index contributed by atoms with van der Waals surface area (Å²) in [6.07, 6.45) is 11.7. The van der Waals surface area contributed by atoms with Gasteiger partial charge in [-0.25, -0.2) is 4.68 Å². The molecule has 0 bridgehead atoms. The molecule has 0 amide bonds. The van der Waals surface area contributed by atoms with Crippen LogP contribution in [0.1, 0.15) is 50.6 Å². The predicted octanol–water partition coefficient (Wildman–Crippen LogP) is 2.41. The van der Waals surface area contributed by atoms with Crippen molar-refractivity contribution >= 4 is 0 Å². The molecule has 0 aromatic carbocycles. The third-order valence-corrected chi connectivity index (χ3v) is 4.13. The smallest absolute Gasteiger partial charge is 0.150 e. The van der Waals surface area contributed by atoms with E-state index < -0.39 is 0 Å². The first-order valence-corrected chi connectivity index (χ1v) is 6.65. The van der Waals surface area contributed by atoms with Crippen LogP contribution in [-0.2, 0) is 12.0 Å². The third-order valence-electron chi connectivity index (χ3n) is 4.13. The molecule has 0 aliphatic heterocycles. The van der Waals surface area contributed by atoms with Crippen LogP contribution in [0.2, 0.25) is 0 Å². The van der Waals surface area contributed by atoms with Crippen molar-refractivity contribution in [2.45, 2.75) is 56.9 Å². The third kappa shape index (κ3) is 2.06. The Bertz CT molecular complexity index is 433. The Morgan fingerprint density at radius 1 is 1.35 bits per heavy atom. The molecule has 0 atom stereocenters. The lowest BCUT2D eigenvalue weighted by molar-refractivity contribution is 0.354. The molecule has 2 aliphatic carbocycles. The lowest BCUT2D eigenvalue weighted by Gasteiger charge is -2.20. The van der Waals surface area contributed by atoms with E-state index in [4.69, 9.17) is 5.26 Å². The molecule has 2 fully saturated rings. The van der Waals surface area contributed by atoms with Crippen molar-refractivity contribution in [2.24, 2.45) is 5.92 Å². The minimum atomic E-state index is -0.349. The second-order valence-corrected chi connectivity index (χ2v) is 5.51. The van der Waals surface area contributed by atoms with Gasteiger partial charge in [0.1, 0.15) is 0 Å². The van der Waals surface area contributed by atoms with Crippen LogP contribution in [0, 0.1) is 17.2 Å². The summed E-state index contributed by atoms with van der Waals surface area (Å²) in [5, 5.41) is 17.5. The Kier molecular flexibility index (Phi) is 2.62. The van der Waals surface area contributed by atoms with Gasteiger partial charge in [0.25, 0.3) is 0 Å². The maximum absolute atomic E-state index is 9.10. The van der Waals surface area contributed by atoms with Gasteiger partial charge in [-0.2, -0.15) is 5.26 Å². The maximum Gasteiger partial charge on any atom is 0.150 e. The van der Waals surface area contributed by atoms with Crippen LogP contribution in [0.15, 0.2) is 6.20 Å². The van der Waals surface area contributed by atoms with E-state index in [1.165, 1.54) is 32.1 Å². The largest absolute Gasteiger partial charge is 0.232 e. The Labute approximate surface area is 102 Å². The molecule has 4 nitrogen and oxygen atoms in total. The second kappa shape index (κ2) is 4.14. The summed E-state index contributed by atoms with van der Waals surface area (Å²) in [6.45, 7) is 0. The molecule has 2 saturated carbocycles. The summed E-state index contributed by atoms with van der Waals surface area (Å²) in [7, 11) is 0. The van der Waals surface area contributed by atoms with E-state index in [1.54, 1.807) is 4.68 Å². The molecule has 17 heavy (non-hydrogen) atoms. The molecule has 3 rings (SSSR count). The fourth-order valence-electron chi connectivity index (χ4n) is 2.80. The van der Waals surface area contributed by atoms with Crippen LogP contribution in [-0.4, -0.2) is 15.0 Å². The van der Waals surface area contributed by atoms with Crippen molar-refractivity contribution in [3.05, 3.63) is 11.9 Å². The van der Waals surface area contributed by atoms with E-state index in [9.17, 15) is 0 Å². The van der Waals surface area contributed by atoms with Crippen LogP contribution in [0.3, 0.4) is 0 Å². The molecule has 4 heteroatoms. The highest BCUT2D eigenvalue weighted by atomic mass is 15.5. The molecule has 1 aromatic heterocycles. The standard InChI is InChI=1S/C13H18N4/c14-10-13(6-7-13)17-9-12(15-16-17)8-11-4-2-1-3-5-11/h9,11H,1-8H2. The Morgan fingerprint density at radius 3 is 2.76 bits per heavy atom. The number of aromatic nitrogens is 3. The monoisotopic (exact) mass is 230 g/mol. The van der Waals surface area contributed by atoms with Gasteiger partial charge in [-0.3, -0.25) is 0 Å². The molecule has 0 radical (unpaired) electrons. The van der Waals surface area contributed by atoms with Gasteiger partial charge in [-0.05, 0) is 25.2 Å². The second-order valence-electron chi connectivity index (χ2n) is 5.51. The number of hydrogen-bond acceptors (Lipinski definition) is 3. The van der Waals surface area contributed by atoms with Gasteiger partial charge < -0.3 is 0 Å². The van der Waals surface area contributed by atoms with Crippen LogP contribution in [0.25, 0.3) is 0 Å². The zero-order chi connectivity index (χ0) is 11.7. The number of nitrogens with zero attached hydrogens (tertiary/aromatic N) is 4. The average molecular weight is 230 g/mol. The highest BCUT2D eigenvalue weighted by Gasteiger charge is 2.46. The highest BCUT2D eigenvalue weighted by Crippen LogP contribution is 2.42. The summed E-state index contributed by atoms with van der Waals surface area (Å²) in [5.74, 6) is 0.783. The first-order chi connectivity index (χ1) is 8.32. The van der Waals surface area contributed by atoms with Gasteiger partial charge >= 0.3 is 0 Å². The first kappa shape index (κ1) is 10.8. The van der Waals surface area contributed by atoms with E-state index in [2.05, 4.69) is 16.4 Å². The lowest BCUT2D eigenvalue weighted by atomic mass is 9.86.